The summed E-state index contributed by atoms with van der Waals surface area (Å²) < 4.78 is 0. The second-order valence-corrected chi connectivity index (χ2v) is 9.31. The van der Waals surface area contributed by atoms with E-state index in [1.807, 2.05) is 37.3 Å². The molecule has 1 N–H and O–H groups in total. The number of nitrogens with one attached hydrogen (secondary N) is 1. The summed E-state index contributed by atoms with van der Waals surface area (Å²) in [6.07, 6.45) is 0.993. The minimum Gasteiger partial charge on any atom is -0.323 e. The lowest BCUT2D eigenvalue weighted by atomic mass is 9.98. The zero-order valence-electron chi connectivity index (χ0n) is 15.3. The van der Waals surface area contributed by atoms with E-state index in [4.69, 9.17) is 11.6 Å². The average molecular weight is 417 g/mol. The fraction of sp³-hybridized carbons (Fsp3) is 0.286. The molecule has 3 heterocycles. The van der Waals surface area contributed by atoms with Crippen molar-refractivity contribution >= 4 is 45.9 Å². The Bertz CT molecular complexity index is 941. The summed E-state index contributed by atoms with van der Waals surface area (Å²) >= 11 is 9.92. The first-order valence-electron chi connectivity index (χ1n) is 8.93. The van der Waals surface area contributed by atoms with Crippen molar-refractivity contribution in [1.82, 2.24) is 4.90 Å². The van der Waals surface area contributed by atoms with E-state index in [1.165, 1.54) is 15.3 Å². The van der Waals surface area contributed by atoms with Gasteiger partial charge in [-0.3, -0.25) is 9.69 Å². The molecule has 6 heteroatoms. The summed E-state index contributed by atoms with van der Waals surface area (Å²) in [4.78, 5) is 17.8. The number of halogens is 1. The highest BCUT2D eigenvalue weighted by Gasteiger charge is 2.31. The van der Waals surface area contributed by atoms with Gasteiger partial charge < -0.3 is 5.32 Å². The number of carbonyl (C=O) groups is 1. The Hall–Kier alpha value is -1.66. The first-order valence-corrected chi connectivity index (χ1v) is 11.1. The van der Waals surface area contributed by atoms with Gasteiger partial charge in [0.1, 0.15) is 0 Å². The van der Waals surface area contributed by atoms with Gasteiger partial charge in [0.2, 0.25) is 5.91 Å². The predicted molar refractivity (Wildman–Crippen MR) is 115 cm³/mol. The van der Waals surface area contributed by atoms with Gasteiger partial charge in [0.05, 0.1) is 23.3 Å². The number of amides is 1. The second kappa shape index (κ2) is 7.76. The molecule has 0 unspecified atom stereocenters. The van der Waals surface area contributed by atoms with E-state index in [9.17, 15) is 4.79 Å². The van der Waals surface area contributed by atoms with E-state index in [0.717, 1.165) is 24.1 Å². The Morgan fingerprint density at radius 1 is 1.26 bits per heavy atom. The van der Waals surface area contributed by atoms with Crippen LogP contribution in [0.5, 0.6) is 0 Å². The molecule has 0 bridgehead atoms. The van der Waals surface area contributed by atoms with Gasteiger partial charge in [-0.15, -0.1) is 22.7 Å². The van der Waals surface area contributed by atoms with Gasteiger partial charge in [0, 0.05) is 16.3 Å². The third-order valence-electron chi connectivity index (χ3n) is 4.92. The minimum atomic E-state index is -0.0240. The molecule has 1 atom stereocenters. The van der Waals surface area contributed by atoms with Crippen LogP contribution in [0.1, 0.15) is 32.5 Å². The van der Waals surface area contributed by atoms with Crippen LogP contribution in [0.3, 0.4) is 0 Å². The molecule has 3 nitrogen and oxygen atoms in total. The van der Waals surface area contributed by atoms with Crippen LogP contribution in [-0.2, 0) is 11.2 Å². The van der Waals surface area contributed by atoms with E-state index in [1.54, 1.807) is 11.3 Å². The number of fused-ring (bicyclic) bond motifs is 1. The van der Waals surface area contributed by atoms with Gasteiger partial charge in [-0.2, -0.15) is 0 Å². The monoisotopic (exact) mass is 416 g/mol. The summed E-state index contributed by atoms with van der Waals surface area (Å²) in [6.45, 7) is 5.20. The topological polar surface area (TPSA) is 32.3 Å². The fourth-order valence-electron chi connectivity index (χ4n) is 3.76. The molecular formula is C21H21ClN2OS2. The summed E-state index contributed by atoms with van der Waals surface area (Å²) in [5.41, 5.74) is 4.13. The van der Waals surface area contributed by atoms with Crippen molar-refractivity contribution in [2.75, 3.05) is 18.4 Å². The number of carbonyl (C=O) groups excluding carboxylic acids is 1. The quantitative estimate of drug-likeness (QED) is 0.594. The molecule has 1 amide bonds. The largest absolute Gasteiger partial charge is 0.323 e. The molecule has 1 aliphatic heterocycles. The number of benzene rings is 1. The zero-order chi connectivity index (χ0) is 19.0. The Labute approximate surface area is 172 Å². The highest BCUT2D eigenvalue weighted by atomic mass is 35.5. The standard InChI is InChI=1S/C21H21ClN2OS2/c1-13-10-14(2)20(16(22)11-13)23-19(25)12-24-7-5-17-15(6-9-27-17)21(24)18-4-3-8-26-18/h3-4,6,8-11,21H,5,7,12H2,1-2H3,(H,23,25)/t21-/m1/s1. The van der Waals surface area contributed by atoms with Crippen LogP contribution < -0.4 is 5.32 Å². The van der Waals surface area contributed by atoms with E-state index in [0.29, 0.717) is 17.3 Å². The van der Waals surface area contributed by atoms with Crippen molar-refractivity contribution in [2.24, 2.45) is 0 Å². The molecule has 0 saturated heterocycles. The average Bonchev–Trinajstić information content (AvgIpc) is 3.29. The van der Waals surface area contributed by atoms with Crippen LogP contribution in [0.15, 0.2) is 41.1 Å². The zero-order valence-corrected chi connectivity index (χ0v) is 17.7. The number of thiophene rings is 2. The Morgan fingerprint density at radius 3 is 2.85 bits per heavy atom. The lowest BCUT2D eigenvalue weighted by Gasteiger charge is -2.35. The number of rotatable bonds is 4. The van der Waals surface area contributed by atoms with Gasteiger partial charge in [0.25, 0.3) is 0 Å². The maximum absolute atomic E-state index is 12.8. The van der Waals surface area contributed by atoms with E-state index >= 15 is 0 Å². The molecule has 0 radical (unpaired) electrons. The Balaban J connectivity index is 1.56. The molecule has 0 aliphatic carbocycles. The maximum Gasteiger partial charge on any atom is 0.238 e. The van der Waals surface area contributed by atoms with Crippen molar-refractivity contribution in [3.8, 4) is 0 Å². The molecule has 27 heavy (non-hydrogen) atoms. The first kappa shape index (κ1) is 18.7. The van der Waals surface area contributed by atoms with E-state index < -0.39 is 0 Å². The van der Waals surface area contributed by atoms with Crippen LogP contribution in [0.2, 0.25) is 5.02 Å². The number of hydrogen-bond acceptors (Lipinski definition) is 4. The van der Waals surface area contributed by atoms with Gasteiger partial charge in [-0.05, 0) is 65.9 Å². The van der Waals surface area contributed by atoms with Crippen molar-refractivity contribution in [1.29, 1.82) is 0 Å². The van der Waals surface area contributed by atoms with Gasteiger partial charge in [-0.25, -0.2) is 0 Å². The van der Waals surface area contributed by atoms with E-state index in [-0.39, 0.29) is 11.9 Å². The summed E-state index contributed by atoms with van der Waals surface area (Å²) in [6, 6.07) is 10.5. The molecule has 2 aromatic heterocycles. The molecule has 140 valence electrons. The molecule has 1 aliphatic rings. The number of nitrogens with zero attached hydrogens (tertiary/aromatic N) is 1. The smallest absolute Gasteiger partial charge is 0.238 e. The first-order chi connectivity index (χ1) is 13.0. The molecule has 4 rings (SSSR count). The number of aryl methyl sites for hydroxylation is 2. The van der Waals surface area contributed by atoms with Crippen LogP contribution in [0.25, 0.3) is 0 Å². The van der Waals surface area contributed by atoms with E-state index in [2.05, 4.69) is 39.2 Å². The summed E-state index contributed by atoms with van der Waals surface area (Å²) in [7, 11) is 0. The summed E-state index contributed by atoms with van der Waals surface area (Å²) in [5.74, 6) is -0.0240. The SMILES string of the molecule is Cc1cc(C)c(NC(=O)CN2CCc3sccc3[C@@H]2c2cccs2)c(Cl)c1. The van der Waals surface area contributed by atoms with Crippen molar-refractivity contribution in [3.05, 3.63) is 72.6 Å². The van der Waals surface area contributed by atoms with Gasteiger partial charge in [0.15, 0.2) is 0 Å². The highest BCUT2D eigenvalue weighted by molar-refractivity contribution is 7.10. The fourth-order valence-corrected chi connectivity index (χ4v) is 5.90. The molecular weight excluding hydrogens is 396 g/mol. The van der Waals surface area contributed by atoms with Crippen molar-refractivity contribution < 1.29 is 4.79 Å². The molecule has 3 aromatic rings. The Morgan fingerprint density at radius 2 is 2.11 bits per heavy atom. The molecule has 0 spiro atoms. The highest BCUT2D eigenvalue weighted by Crippen LogP contribution is 2.39. The third kappa shape index (κ3) is 3.83. The van der Waals surface area contributed by atoms with Crippen LogP contribution >= 0.6 is 34.3 Å². The predicted octanol–water partition coefficient (Wildman–Crippen LogP) is 5.67. The van der Waals surface area contributed by atoms with Crippen LogP contribution in [0, 0.1) is 13.8 Å². The number of hydrogen-bond donors (Lipinski definition) is 1. The normalized spacial score (nSPS) is 16.9. The third-order valence-corrected chi connectivity index (χ3v) is 7.14. The molecule has 0 saturated carbocycles. The lowest BCUT2D eigenvalue weighted by molar-refractivity contribution is -0.117. The van der Waals surface area contributed by atoms with Crippen LogP contribution in [0.4, 0.5) is 5.69 Å². The van der Waals surface area contributed by atoms with Crippen LogP contribution in [-0.4, -0.2) is 23.9 Å². The maximum atomic E-state index is 12.8. The molecule has 1 aromatic carbocycles. The second-order valence-electron chi connectivity index (χ2n) is 6.92. The number of anilines is 1. The van der Waals surface area contributed by atoms with Crippen molar-refractivity contribution in [2.45, 2.75) is 26.3 Å². The minimum absolute atomic E-state index is 0.0240. The van der Waals surface area contributed by atoms with Gasteiger partial charge in [-0.1, -0.05) is 23.7 Å². The van der Waals surface area contributed by atoms with Crippen molar-refractivity contribution in [3.63, 3.8) is 0 Å². The van der Waals surface area contributed by atoms with Gasteiger partial charge >= 0.3 is 0 Å². The molecule has 0 fully saturated rings. The Kier molecular flexibility index (Phi) is 5.37. The summed E-state index contributed by atoms with van der Waals surface area (Å²) in [5, 5.41) is 7.88. The lowest BCUT2D eigenvalue weighted by Crippen LogP contribution is -2.40.